The van der Waals surface area contributed by atoms with E-state index in [1.807, 2.05) is 41.3 Å². The van der Waals surface area contributed by atoms with Crippen LogP contribution in [0.1, 0.15) is 18.7 Å². The summed E-state index contributed by atoms with van der Waals surface area (Å²) in [5.74, 6) is 1.48. The minimum absolute atomic E-state index is 0.0674. The second-order valence-electron chi connectivity index (χ2n) is 4.61. The quantitative estimate of drug-likeness (QED) is 0.788. The van der Waals surface area contributed by atoms with Crippen LogP contribution in [-0.4, -0.2) is 15.5 Å². The lowest BCUT2D eigenvalue weighted by atomic mass is 10.3. The molecule has 1 N–H and O–H groups in total. The zero-order valence-corrected chi connectivity index (χ0v) is 12.3. The van der Waals surface area contributed by atoms with Gasteiger partial charge in [0.1, 0.15) is 11.8 Å². The third-order valence-electron chi connectivity index (χ3n) is 3.22. The SMILES string of the molecule is CC(C(=O)NCc1ccco1)n1ccnc1-c1cccs1. The fraction of sp³-hybridized carbons (Fsp3) is 0.200. The van der Waals surface area contributed by atoms with Gasteiger partial charge in [0.25, 0.3) is 0 Å². The Kier molecular flexibility index (Phi) is 3.87. The first kappa shape index (κ1) is 13.6. The van der Waals surface area contributed by atoms with Crippen LogP contribution < -0.4 is 5.32 Å². The van der Waals surface area contributed by atoms with Crippen molar-refractivity contribution in [2.45, 2.75) is 19.5 Å². The average molecular weight is 301 g/mol. The van der Waals surface area contributed by atoms with Crippen LogP contribution in [0.4, 0.5) is 0 Å². The van der Waals surface area contributed by atoms with Gasteiger partial charge in [-0.1, -0.05) is 6.07 Å². The first-order valence-electron chi connectivity index (χ1n) is 6.62. The first-order chi connectivity index (χ1) is 10.3. The van der Waals surface area contributed by atoms with E-state index in [4.69, 9.17) is 4.42 Å². The maximum atomic E-state index is 12.3. The van der Waals surface area contributed by atoms with Crippen molar-refractivity contribution in [1.82, 2.24) is 14.9 Å². The fourth-order valence-electron chi connectivity index (χ4n) is 2.08. The third kappa shape index (κ3) is 2.90. The van der Waals surface area contributed by atoms with Crippen LogP contribution in [0.5, 0.6) is 0 Å². The van der Waals surface area contributed by atoms with Crippen LogP contribution >= 0.6 is 11.3 Å². The van der Waals surface area contributed by atoms with Crippen LogP contribution in [0.3, 0.4) is 0 Å². The van der Waals surface area contributed by atoms with Crippen molar-refractivity contribution in [3.8, 4) is 10.7 Å². The number of hydrogen-bond donors (Lipinski definition) is 1. The fourth-order valence-corrected chi connectivity index (χ4v) is 2.81. The molecule has 3 rings (SSSR count). The highest BCUT2D eigenvalue weighted by molar-refractivity contribution is 7.13. The molecule has 3 aromatic heterocycles. The summed E-state index contributed by atoms with van der Waals surface area (Å²) in [7, 11) is 0. The summed E-state index contributed by atoms with van der Waals surface area (Å²) in [6.07, 6.45) is 5.13. The number of amides is 1. The second kappa shape index (κ2) is 5.97. The van der Waals surface area contributed by atoms with Crippen molar-refractivity contribution in [2.75, 3.05) is 0 Å². The lowest BCUT2D eigenvalue weighted by Gasteiger charge is -2.15. The van der Waals surface area contributed by atoms with Gasteiger partial charge in [0.05, 0.1) is 17.7 Å². The van der Waals surface area contributed by atoms with E-state index in [0.717, 1.165) is 16.5 Å². The maximum absolute atomic E-state index is 12.3. The largest absolute Gasteiger partial charge is 0.467 e. The number of thiophene rings is 1. The van der Waals surface area contributed by atoms with E-state index in [9.17, 15) is 4.79 Å². The molecule has 1 amide bonds. The highest BCUT2D eigenvalue weighted by Crippen LogP contribution is 2.25. The molecule has 21 heavy (non-hydrogen) atoms. The molecule has 0 aliphatic rings. The Morgan fingerprint density at radius 3 is 3.10 bits per heavy atom. The molecule has 0 fully saturated rings. The number of carbonyl (C=O) groups excluding carboxylic acids is 1. The predicted molar refractivity (Wildman–Crippen MR) is 80.8 cm³/mol. The summed E-state index contributed by atoms with van der Waals surface area (Å²) in [5, 5.41) is 4.86. The highest BCUT2D eigenvalue weighted by Gasteiger charge is 2.18. The zero-order chi connectivity index (χ0) is 14.7. The average Bonchev–Trinajstić information content (AvgIpc) is 3.25. The molecule has 0 radical (unpaired) electrons. The third-order valence-corrected chi connectivity index (χ3v) is 4.09. The van der Waals surface area contributed by atoms with Gasteiger partial charge in [-0.3, -0.25) is 4.79 Å². The lowest BCUT2D eigenvalue weighted by Crippen LogP contribution is -2.30. The maximum Gasteiger partial charge on any atom is 0.243 e. The predicted octanol–water partition coefficient (Wildman–Crippen LogP) is 3.08. The zero-order valence-electron chi connectivity index (χ0n) is 11.5. The molecule has 0 saturated carbocycles. The van der Waals surface area contributed by atoms with Crippen molar-refractivity contribution < 1.29 is 9.21 Å². The van der Waals surface area contributed by atoms with Crippen LogP contribution in [0, 0.1) is 0 Å². The van der Waals surface area contributed by atoms with Gasteiger partial charge in [-0.25, -0.2) is 4.98 Å². The molecule has 5 nitrogen and oxygen atoms in total. The Balaban J connectivity index is 1.72. The van der Waals surface area contributed by atoms with Crippen molar-refractivity contribution in [2.24, 2.45) is 0 Å². The van der Waals surface area contributed by atoms with E-state index in [-0.39, 0.29) is 11.9 Å². The van der Waals surface area contributed by atoms with E-state index >= 15 is 0 Å². The molecule has 3 aromatic rings. The van der Waals surface area contributed by atoms with Gasteiger partial charge in [0.15, 0.2) is 5.82 Å². The van der Waals surface area contributed by atoms with Gasteiger partial charge < -0.3 is 14.3 Å². The van der Waals surface area contributed by atoms with Crippen molar-refractivity contribution in [3.05, 3.63) is 54.1 Å². The van der Waals surface area contributed by atoms with Gasteiger partial charge in [-0.15, -0.1) is 11.3 Å². The molecule has 1 unspecified atom stereocenters. The Labute approximate surface area is 126 Å². The Hall–Kier alpha value is -2.34. The normalized spacial score (nSPS) is 12.2. The molecule has 0 bridgehead atoms. The number of rotatable bonds is 5. The van der Waals surface area contributed by atoms with Crippen LogP contribution in [0.2, 0.25) is 0 Å². The number of imidazole rings is 1. The molecule has 0 aromatic carbocycles. The van der Waals surface area contributed by atoms with Crippen molar-refractivity contribution >= 4 is 17.2 Å². The van der Waals surface area contributed by atoms with Gasteiger partial charge in [0.2, 0.25) is 5.91 Å². The summed E-state index contributed by atoms with van der Waals surface area (Å²) in [5.41, 5.74) is 0. The Morgan fingerprint density at radius 2 is 2.38 bits per heavy atom. The van der Waals surface area contributed by atoms with Crippen LogP contribution in [0.15, 0.2) is 52.7 Å². The van der Waals surface area contributed by atoms with E-state index < -0.39 is 0 Å². The molecule has 1 atom stereocenters. The van der Waals surface area contributed by atoms with Gasteiger partial charge >= 0.3 is 0 Å². The van der Waals surface area contributed by atoms with Gasteiger partial charge in [-0.2, -0.15) is 0 Å². The molecule has 108 valence electrons. The minimum Gasteiger partial charge on any atom is -0.467 e. The number of hydrogen-bond acceptors (Lipinski definition) is 4. The summed E-state index contributed by atoms with van der Waals surface area (Å²) < 4.78 is 7.08. The van der Waals surface area contributed by atoms with Crippen molar-refractivity contribution in [1.29, 1.82) is 0 Å². The number of furan rings is 1. The molecular weight excluding hydrogens is 286 g/mol. The first-order valence-corrected chi connectivity index (χ1v) is 7.50. The number of nitrogens with zero attached hydrogens (tertiary/aromatic N) is 2. The molecule has 0 aliphatic heterocycles. The molecule has 0 spiro atoms. The second-order valence-corrected chi connectivity index (χ2v) is 5.56. The standard InChI is InChI=1S/C15H15N3O2S/c1-11(15(19)17-10-12-4-2-8-20-12)18-7-6-16-14(18)13-5-3-9-21-13/h2-9,11H,10H2,1H3,(H,17,19). The molecule has 0 aliphatic carbocycles. The number of aromatic nitrogens is 2. The Bertz CT molecular complexity index is 701. The number of nitrogens with one attached hydrogen (secondary N) is 1. The summed E-state index contributed by atoms with van der Waals surface area (Å²) in [6.45, 7) is 2.25. The molecule has 6 heteroatoms. The molecule has 0 saturated heterocycles. The van der Waals surface area contributed by atoms with E-state index in [2.05, 4.69) is 10.3 Å². The summed E-state index contributed by atoms with van der Waals surface area (Å²) >= 11 is 1.61. The summed E-state index contributed by atoms with van der Waals surface area (Å²) in [4.78, 5) is 17.7. The number of carbonyl (C=O) groups is 1. The van der Waals surface area contributed by atoms with Crippen LogP contribution in [0.25, 0.3) is 10.7 Å². The highest BCUT2D eigenvalue weighted by atomic mass is 32.1. The minimum atomic E-state index is -0.334. The molecule has 3 heterocycles. The molecular formula is C15H15N3O2S. The van der Waals surface area contributed by atoms with E-state index in [1.165, 1.54) is 0 Å². The summed E-state index contributed by atoms with van der Waals surface area (Å²) in [6, 6.07) is 7.27. The van der Waals surface area contributed by atoms with Crippen LogP contribution in [-0.2, 0) is 11.3 Å². The lowest BCUT2D eigenvalue weighted by molar-refractivity contribution is -0.124. The topological polar surface area (TPSA) is 60.1 Å². The van der Waals surface area contributed by atoms with E-state index in [1.54, 1.807) is 29.9 Å². The van der Waals surface area contributed by atoms with Crippen molar-refractivity contribution in [3.63, 3.8) is 0 Å². The Morgan fingerprint density at radius 1 is 1.48 bits per heavy atom. The van der Waals surface area contributed by atoms with Gasteiger partial charge in [-0.05, 0) is 30.5 Å². The monoisotopic (exact) mass is 301 g/mol. The van der Waals surface area contributed by atoms with Gasteiger partial charge in [0, 0.05) is 12.4 Å². The van der Waals surface area contributed by atoms with E-state index in [0.29, 0.717) is 6.54 Å². The smallest absolute Gasteiger partial charge is 0.243 e.